The van der Waals surface area contributed by atoms with Gasteiger partial charge in [-0.25, -0.2) is 14.5 Å². The lowest BCUT2D eigenvalue weighted by molar-refractivity contribution is 0.306. The first kappa shape index (κ1) is 23.4. The molecule has 194 valence electrons. The highest BCUT2D eigenvalue weighted by atomic mass is 35.5. The van der Waals surface area contributed by atoms with Crippen LogP contribution in [-0.2, 0) is 13.7 Å². The lowest BCUT2D eigenvalue weighted by atomic mass is 9.86. The topological polar surface area (TPSA) is 108 Å². The van der Waals surface area contributed by atoms with E-state index in [4.69, 9.17) is 31.2 Å². The molecule has 1 atom stereocenters. The summed E-state index contributed by atoms with van der Waals surface area (Å²) in [7, 11) is 1.89. The third kappa shape index (κ3) is 4.00. The smallest absolute Gasteiger partial charge is 0.244 e. The summed E-state index contributed by atoms with van der Waals surface area (Å²) >= 11 is 6.27. The van der Waals surface area contributed by atoms with E-state index >= 15 is 0 Å². The summed E-state index contributed by atoms with van der Waals surface area (Å²) in [6, 6.07) is 13.7. The Morgan fingerprint density at radius 3 is 2.72 bits per heavy atom. The van der Waals surface area contributed by atoms with Gasteiger partial charge in [0.1, 0.15) is 18.7 Å². The molecule has 7 rings (SSSR count). The Balaban J connectivity index is 1.24. The van der Waals surface area contributed by atoms with Gasteiger partial charge < -0.3 is 9.47 Å². The van der Waals surface area contributed by atoms with Gasteiger partial charge in [0.15, 0.2) is 11.5 Å². The second kappa shape index (κ2) is 8.95. The molecule has 0 unspecified atom stereocenters. The van der Waals surface area contributed by atoms with Crippen LogP contribution in [0, 0.1) is 13.8 Å². The molecule has 0 amide bonds. The SMILES string of the molecule is Cc1ccc(Cl)c(OCc2ccc(-c3nc4c5c(ncn4n3)Oc3n[nH]c(C)c3[C@@H]5c3cnn(C)c3)cc2)c1. The highest BCUT2D eigenvalue weighted by Gasteiger charge is 2.37. The number of rotatable bonds is 5. The van der Waals surface area contributed by atoms with Crippen LogP contribution >= 0.6 is 11.6 Å². The van der Waals surface area contributed by atoms with E-state index in [0.717, 1.165) is 39.1 Å². The maximum atomic E-state index is 6.27. The number of nitrogens with zero attached hydrogens (tertiary/aromatic N) is 7. The summed E-state index contributed by atoms with van der Waals surface area (Å²) in [6.07, 6.45) is 5.45. The molecule has 0 saturated heterocycles. The molecular weight excluding hydrogens is 516 g/mol. The molecule has 5 heterocycles. The molecule has 0 saturated carbocycles. The minimum Gasteiger partial charge on any atom is -0.487 e. The Morgan fingerprint density at radius 1 is 1.08 bits per heavy atom. The van der Waals surface area contributed by atoms with Crippen molar-refractivity contribution in [3.63, 3.8) is 0 Å². The maximum Gasteiger partial charge on any atom is 0.244 e. The fraction of sp³-hybridized carbons (Fsp3) is 0.179. The van der Waals surface area contributed by atoms with Crippen LogP contribution in [0.4, 0.5) is 0 Å². The van der Waals surface area contributed by atoms with Gasteiger partial charge in [0, 0.05) is 35.6 Å². The quantitative estimate of drug-likeness (QED) is 0.313. The number of hydrogen-bond donors (Lipinski definition) is 1. The lowest BCUT2D eigenvalue weighted by Gasteiger charge is -2.24. The maximum absolute atomic E-state index is 6.27. The lowest BCUT2D eigenvalue weighted by Crippen LogP contribution is -2.14. The molecule has 0 fully saturated rings. The van der Waals surface area contributed by atoms with Gasteiger partial charge in [-0.05, 0) is 37.1 Å². The van der Waals surface area contributed by atoms with E-state index in [2.05, 4.69) is 20.3 Å². The number of aryl methyl sites for hydroxylation is 3. The number of halogens is 1. The van der Waals surface area contributed by atoms with E-state index in [0.29, 0.717) is 40.6 Å². The summed E-state index contributed by atoms with van der Waals surface area (Å²) < 4.78 is 15.5. The molecule has 0 bridgehead atoms. The van der Waals surface area contributed by atoms with Crippen molar-refractivity contribution in [3.05, 3.63) is 99.7 Å². The zero-order valence-electron chi connectivity index (χ0n) is 21.4. The first-order valence-electron chi connectivity index (χ1n) is 12.4. The molecule has 1 aliphatic heterocycles. The van der Waals surface area contributed by atoms with Crippen molar-refractivity contribution in [1.29, 1.82) is 0 Å². The molecule has 6 aromatic rings. The number of fused-ring (bicyclic) bond motifs is 4. The van der Waals surface area contributed by atoms with E-state index in [9.17, 15) is 0 Å². The minimum absolute atomic E-state index is 0.211. The Hall–Kier alpha value is -4.70. The van der Waals surface area contributed by atoms with E-state index in [-0.39, 0.29) is 5.92 Å². The van der Waals surface area contributed by atoms with Gasteiger partial charge in [-0.15, -0.1) is 10.2 Å². The Morgan fingerprint density at radius 2 is 1.92 bits per heavy atom. The zero-order valence-corrected chi connectivity index (χ0v) is 22.1. The Kier molecular flexibility index (Phi) is 5.38. The van der Waals surface area contributed by atoms with Crippen molar-refractivity contribution in [2.75, 3.05) is 0 Å². The van der Waals surface area contributed by atoms with Crippen LogP contribution in [0.1, 0.15) is 39.4 Å². The van der Waals surface area contributed by atoms with Gasteiger partial charge in [0.2, 0.25) is 11.8 Å². The minimum atomic E-state index is -0.211. The van der Waals surface area contributed by atoms with Gasteiger partial charge in [-0.1, -0.05) is 41.9 Å². The molecule has 0 radical (unpaired) electrons. The molecule has 1 N–H and O–H groups in total. The number of aromatic amines is 1. The molecule has 0 spiro atoms. The summed E-state index contributed by atoms with van der Waals surface area (Å²) in [5, 5.41) is 17.1. The van der Waals surface area contributed by atoms with Crippen molar-refractivity contribution >= 4 is 17.2 Å². The molecule has 2 aromatic carbocycles. The third-order valence-corrected chi connectivity index (χ3v) is 7.18. The molecule has 1 aliphatic rings. The Bertz CT molecular complexity index is 1850. The van der Waals surface area contributed by atoms with Crippen LogP contribution in [0.25, 0.3) is 17.0 Å². The third-order valence-electron chi connectivity index (χ3n) is 6.87. The predicted octanol–water partition coefficient (Wildman–Crippen LogP) is 5.38. The van der Waals surface area contributed by atoms with E-state index in [1.165, 1.54) is 0 Å². The number of hydrogen-bond acceptors (Lipinski definition) is 7. The summed E-state index contributed by atoms with van der Waals surface area (Å²) in [5.41, 5.74) is 7.30. The van der Waals surface area contributed by atoms with Crippen LogP contribution in [0.5, 0.6) is 17.5 Å². The second-order valence-corrected chi connectivity index (χ2v) is 10.0. The predicted molar refractivity (Wildman–Crippen MR) is 144 cm³/mol. The van der Waals surface area contributed by atoms with Gasteiger partial charge in [0.25, 0.3) is 0 Å². The van der Waals surface area contributed by atoms with Crippen LogP contribution < -0.4 is 9.47 Å². The molecule has 0 aliphatic carbocycles. The van der Waals surface area contributed by atoms with Gasteiger partial charge in [0.05, 0.1) is 22.7 Å². The first-order chi connectivity index (χ1) is 18.9. The standard InChI is InChI=1S/C28H23ClN8O2/c1-15-4-9-20(29)21(10-15)38-13-17-5-7-18(8-6-17)25-32-26-24-23(19-11-31-36(3)12-19)22-16(2)33-34-28(22)39-27(24)30-14-37(26)35-25/h4-12,14,23H,13H2,1-3H3,(H,33,34)/t23-/m0/s1. The van der Waals surface area contributed by atoms with Crippen molar-refractivity contribution in [2.45, 2.75) is 26.4 Å². The van der Waals surface area contributed by atoms with Gasteiger partial charge in [-0.2, -0.15) is 5.10 Å². The van der Waals surface area contributed by atoms with Crippen LogP contribution in [-0.4, -0.2) is 39.6 Å². The van der Waals surface area contributed by atoms with Crippen LogP contribution in [0.3, 0.4) is 0 Å². The fourth-order valence-electron chi connectivity index (χ4n) is 4.94. The zero-order chi connectivity index (χ0) is 26.7. The van der Waals surface area contributed by atoms with Crippen molar-refractivity contribution < 1.29 is 9.47 Å². The number of aromatic nitrogens is 8. The largest absolute Gasteiger partial charge is 0.487 e. The summed E-state index contributed by atoms with van der Waals surface area (Å²) in [5.74, 6) is 2.00. The monoisotopic (exact) mass is 538 g/mol. The van der Waals surface area contributed by atoms with E-state index in [1.54, 1.807) is 15.5 Å². The van der Waals surface area contributed by atoms with Gasteiger partial charge in [-0.3, -0.25) is 9.78 Å². The van der Waals surface area contributed by atoms with E-state index in [1.807, 2.05) is 75.8 Å². The number of H-pyrrole nitrogens is 1. The fourth-order valence-corrected chi connectivity index (χ4v) is 5.11. The normalized spacial score (nSPS) is 14.2. The van der Waals surface area contributed by atoms with Crippen LogP contribution in [0.15, 0.2) is 61.2 Å². The van der Waals surface area contributed by atoms with Crippen LogP contribution in [0.2, 0.25) is 5.02 Å². The number of nitrogens with one attached hydrogen (secondary N) is 1. The summed E-state index contributed by atoms with van der Waals surface area (Å²) in [4.78, 5) is 9.49. The first-order valence-corrected chi connectivity index (χ1v) is 12.8. The molecule has 11 heteroatoms. The van der Waals surface area contributed by atoms with E-state index < -0.39 is 0 Å². The molecular formula is C28H23ClN8O2. The molecule has 10 nitrogen and oxygen atoms in total. The average molecular weight is 539 g/mol. The van der Waals surface area contributed by atoms with Gasteiger partial charge >= 0.3 is 0 Å². The summed E-state index contributed by atoms with van der Waals surface area (Å²) in [6.45, 7) is 4.38. The van der Waals surface area contributed by atoms with Crippen molar-refractivity contribution in [3.8, 4) is 28.9 Å². The number of ether oxygens (including phenoxy) is 2. The highest BCUT2D eigenvalue weighted by molar-refractivity contribution is 6.32. The molecule has 39 heavy (non-hydrogen) atoms. The average Bonchev–Trinajstić information content (AvgIpc) is 3.67. The van der Waals surface area contributed by atoms with Crippen molar-refractivity contribution in [2.24, 2.45) is 7.05 Å². The Labute approximate surface area is 228 Å². The highest BCUT2D eigenvalue weighted by Crippen LogP contribution is 2.48. The number of benzene rings is 2. The van der Waals surface area contributed by atoms with Crippen molar-refractivity contribution in [1.82, 2.24) is 39.6 Å². The second-order valence-electron chi connectivity index (χ2n) is 9.64. The molecule has 4 aromatic heterocycles.